The zero-order valence-corrected chi connectivity index (χ0v) is 36.0. The minimum Gasteiger partial charge on any atom is -0.462 e. The van der Waals surface area contributed by atoms with Gasteiger partial charge >= 0.3 is 17.9 Å². The van der Waals surface area contributed by atoms with Crippen molar-refractivity contribution < 1.29 is 28.6 Å². The van der Waals surface area contributed by atoms with Crippen LogP contribution in [-0.4, -0.2) is 37.2 Å². The van der Waals surface area contributed by atoms with Gasteiger partial charge < -0.3 is 14.2 Å². The lowest BCUT2D eigenvalue weighted by Gasteiger charge is -2.18. The van der Waals surface area contributed by atoms with Crippen molar-refractivity contribution in [2.24, 2.45) is 0 Å². The van der Waals surface area contributed by atoms with Gasteiger partial charge in [0.1, 0.15) is 13.2 Å². The number of rotatable bonds is 42. The molecule has 0 aliphatic rings. The zero-order chi connectivity index (χ0) is 39.4. The number of esters is 3. The first-order valence-electron chi connectivity index (χ1n) is 23.3. The van der Waals surface area contributed by atoms with E-state index < -0.39 is 6.10 Å². The second-order valence-electron chi connectivity index (χ2n) is 15.7. The van der Waals surface area contributed by atoms with Crippen molar-refractivity contribution in [1.29, 1.82) is 0 Å². The molecule has 0 bridgehead atoms. The molecule has 0 saturated heterocycles. The third kappa shape index (κ3) is 41.1. The number of ether oxygens (including phenoxy) is 3. The summed E-state index contributed by atoms with van der Waals surface area (Å²) in [5.41, 5.74) is 0. The molecule has 0 aliphatic heterocycles. The van der Waals surface area contributed by atoms with Crippen LogP contribution in [0.25, 0.3) is 0 Å². The second kappa shape index (κ2) is 43.6. The number of unbranched alkanes of at least 4 members (excludes halogenated alkanes) is 27. The van der Waals surface area contributed by atoms with Crippen LogP contribution in [0.15, 0.2) is 24.3 Å². The number of hydrogen-bond donors (Lipinski definition) is 0. The van der Waals surface area contributed by atoms with Gasteiger partial charge in [-0.25, -0.2) is 0 Å². The molecule has 0 aromatic carbocycles. The lowest BCUT2D eigenvalue weighted by molar-refractivity contribution is -0.167. The first-order chi connectivity index (χ1) is 26.5. The van der Waals surface area contributed by atoms with Gasteiger partial charge in [0, 0.05) is 19.3 Å². The Balaban J connectivity index is 4.39. The van der Waals surface area contributed by atoms with Crippen LogP contribution in [0.5, 0.6) is 0 Å². The Morgan fingerprint density at radius 2 is 0.611 bits per heavy atom. The van der Waals surface area contributed by atoms with Crippen molar-refractivity contribution in [3.63, 3.8) is 0 Å². The molecule has 0 radical (unpaired) electrons. The van der Waals surface area contributed by atoms with Crippen LogP contribution in [0.4, 0.5) is 0 Å². The van der Waals surface area contributed by atoms with Gasteiger partial charge in [-0.15, -0.1) is 0 Å². The van der Waals surface area contributed by atoms with Gasteiger partial charge in [-0.2, -0.15) is 0 Å². The van der Waals surface area contributed by atoms with Gasteiger partial charge in [-0.1, -0.05) is 180 Å². The third-order valence-electron chi connectivity index (χ3n) is 10.2. The molecule has 1 atom stereocenters. The average Bonchev–Trinajstić information content (AvgIpc) is 3.17. The molecule has 0 aliphatic carbocycles. The minimum atomic E-state index is -0.778. The first-order valence-corrected chi connectivity index (χ1v) is 23.3. The van der Waals surface area contributed by atoms with E-state index in [4.69, 9.17) is 14.2 Å². The summed E-state index contributed by atoms with van der Waals surface area (Å²) in [7, 11) is 0. The lowest BCUT2D eigenvalue weighted by Crippen LogP contribution is -2.30. The molecule has 0 fully saturated rings. The smallest absolute Gasteiger partial charge is 0.306 e. The van der Waals surface area contributed by atoms with Crippen LogP contribution >= 0.6 is 0 Å². The van der Waals surface area contributed by atoms with Gasteiger partial charge in [-0.3, -0.25) is 14.4 Å². The number of hydrogen-bond acceptors (Lipinski definition) is 6. The van der Waals surface area contributed by atoms with E-state index in [1.165, 1.54) is 122 Å². The molecular formula is C48H88O6. The Kier molecular flexibility index (Phi) is 41.9. The van der Waals surface area contributed by atoms with E-state index in [0.717, 1.165) is 83.5 Å². The van der Waals surface area contributed by atoms with Crippen molar-refractivity contribution in [2.75, 3.05) is 13.2 Å². The maximum Gasteiger partial charge on any atom is 0.306 e. The summed E-state index contributed by atoms with van der Waals surface area (Å²) < 4.78 is 16.7. The van der Waals surface area contributed by atoms with E-state index in [1.807, 2.05) is 0 Å². The van der Waals surface area contributed by atoms with Crippen molar-refractivity contribution >= 4 is 17.9 Å². The van der Waals surface area contributed by atoms with Crippen LogP contribution in [0.1, 0.15) is 245 Å². The SMILES string of the molecule is CCCCCCCC/C=C\CCCCCC(=O)OCC(COC(=O)CCCCCCCCCCCC)OC(=O)CCCCC/C=C\CCCCCCCC. The van der Waals surface area contributed by atoms with E-state index in [1.54, 1.807) is 0 Å². The Labute approximate surface area is 334 Å². The molecule has 0 rings (SSSR count). The molecule has 0 aromatic heterocycles. The maximum atomic E-state index is 12.7. The van der Waals surface area contributed by atoms with E-state index in [9.17, 15) is 14.4 Å². The van der Waals surface area contributed by atoms with Gasteiger partial charge in [0.05, 0.1) is 0 Å². The van der Waals surface area contributed by atoms with Crippen LogP contribution in [-0.2, 0) is 28.6 Å². The molecule has 1 unspecified atom stereocenters. The summed E-state index contributed by atoms with van der Waals surface area (Å²) in [5, 5.41) is 0. The largest absolute Gasteiger partial charge is 0.462 e. The number of carbonyl (C=O) groups excluding carboxylic acids is 3. The molecule has 0 N–H and O–H groups in total. The minimum absolute atomic E-state index is 0.0793. The molecule has 6 nitrogen and oxygen atoms in total. The van der Waals surface area contributed by atoms with Crippen molar-refractivity contribution in [1.82, 2.24) is 0 Å². The molecular weight excluding hydrogens is 673 g/mol. The fourth-order valence-electron chi connectivity index (χ4n) is 6.61. The van der Waals surface area contributed by atoms with E-state index in [2.05, 4.69) is 45.1 Å². The third-order valence-corrected chi connectivity index (χ3v) is 10.2. The van der Waals surface area contributed by atoms with Crippen LogP contribution < -0.4 is 0 Å². The summed E-state index contributed by atoms with van der Waals surface area (Å²) in [6.07, 6.45) is 47.3. The van der Waals surface area contributed by atoms with Gasteiger partial charge in [0.15, 0.2) is 6.10 Å². The van der Waals surface area contributed by atoms with Gasteiger partial charge in [-0.05, 0) is 70.6 Å². The zero-order valence-electron chi connectivity index (χ0n) is 36.0. The lowest BCUT2D eigenvalue weighted by atomic mass is 10.1. The van der Waals surface area contributed by atoms with Gasteiger partial charge in [0.2, 0.25) is 0 Å². The van der Waals surface area contributed by atoms with Gasteiger partial charge in [0.25, 0.3) is 0 Å². The monoisotopic (exact) mass is 761 g/mol. The summed E-state index contributed by atoms with van der Waals surface area (Å²) in [4.78, 5) is 37.7. The summed E-state index contributed by atoms with van der Waals surface area (Å²) in [5.74, 6) is -0.909. The van der Waals surface area contributed by atoms with Crippen LogP contribution in [0.3, 0.4) is 0 Å². The van der Waals surface area contributed by atoms with Crippen molar-refractivity contribution in [2.45, 2.75) is 252 Å². The second-order valence-corrected chi connectivity index (χ2v) is 15.7. The maximum absolute atomic E-state index is 12.7. The Hall–Kier alpha value is -2.11. The highest BCUT2D eigenvalue weighted by molar-refractivity contribution is 5.71. The molecule has 54 heavy (non-hydrogen) atoms. The molecule has 316 valence electrons. The highest BCUT2D eigenvalue weighted by Crippen LogP contribution is 2.14. The number of allylic oxidation sites excluding steroid dienone is 4. The fraction of sp³-hybridized carbons (Fsp3) is 0.854. The Morgan fingerprint density at radius 3 is 0.944 bits per heavy atom. The summed E-state index contributed by atoms with van der Waals surface area (Å²) in [6.45, 7) is 6.58. The predicted octanol–water partition coefficient (Wildman–Crippen LogP) is 14.8. The Bertz CT molecular complexity index is 880. The normalized spacial score (nSPS) is 12.1. The number of carbonyl (C=O) groups is 3. The summed E-state index contributed by atoms with van der Waals surface area (Å²) >= 11 is 0. The molecule has 0 amide bonds. The molecule has 0 saturated carbocycles. The standard InChI is InChI=1S/C48H88O6/c1-4-7-10-13-16-19-22-24-26-29-32-35-38-41-47(50)53-44-45(43-52-46(49)40-37-34-31-28-21-18-15-12-9-6-3)54-48(51)42-39-36-33-30-27-25-23-20-17-14-11-8-5-2/h24-27,45H,4-23,28-44H2,1-3H3/b26-24-,27-25-. The highest BCUT2D eigenvalue weighted by atomic mass is 16.6. The first kappa shape index (κ1) is 51.9. The molecule has 0 heterocycles. The highest BCUT2D eigenvalue weighted by Gasteiger charge is 2.19. The topological polar surface area (TPSA) is 78.9 Å². The molecule has 0 spiro atoms. The van der Waals surface area contributed by atoms with Crippen molar-refractivity contribution in [3.05, 3.63) is 24.3 Å². The van der Waals surface area contributed by atoms with Crippen LogP contribution in [0, 0.1) is 0 Å². The van der Waals surface area contributed by atoms with Crippen LogP contribution in [0.2, 0.25) is 0 Å². The van der Waals surface area contributed by atoms with E-state index in [0.29, 0.717) is 19.3 Å². The average molecular weight is 761 g/mol. The molecule has 0 aromatic rings. The van der Waals surface area contributed by atoms with E-state index in [-0.39, 0.29) is 31.1 Å². The van der Waals surface area contributed by atoms with E-state index >= 15 is 0 Å². The molecule has 6 heteroatoms. The quantitative estimate of drug-likeness (QED) is 0.0267. The predicted molar refractivity (Wildman–Crippen MR) is 229 cm³/mol. The summed E-state index contributed by atoms with van der Waals surface area (Å²) in [6, 6.07) is 0. The van der Waals surface area contributed by atoms with Crippen molar-refractivity contribution in [3.8, 4) is 0 Å². The Morgan fingerprint density at radius 1 is 0.352 bits per heavy atom. The fourth-order valence-corrected chi connectivity index (χ4v) is 6.61.